The first-order chi connectivity index (χ1) is 11.4. The Hall–Kier alpha value is -1.19. The molecule has 0 amide bonds. The number of hydrogen-bond donors (Lipinski definition) is 1. The molecule has 0 bridgehead atoms. The van der Waals surface area contributed by atoms with Gasteiger partial charge in [-0.05, 0) is 36.5 Å². The van der Waals surface area contributed by atoms with E-state index in [4.69, 9.17) is 23.8 Å². The van der Waals surface area contributed by atoms with Gasteiger partial charge in [0.25, 0.3) is 0 Å². The maximum absolute atomic E-state index is 12.7. The quantitative estimate of drug-likeness (QED) is 0.788. The van der Waals surface area contributed by atoms with Crippen LogP contribution in [0, 0.1) is 4.77 Å². The van der Waals surface area contributed by atoms with Gasteiger partial charge in [0.15, 0.2) is 11.4 Å². The van der Waals surface area contributed by atoms with Gasteiger partial charge in [-0.2, -0.15) is 4.31 Å². The van der Waals surface area contributed by atoms with Crippen LogP contribution in [0.2, 0.25) is 5.02 Å². The van der Waals surface area contributed by atoms with E-state index in [0.717, 1.165) is 24.5 Å². The van der Waals surface area contributed by atoms with Crippen molar-refractivity contribution < 1.29 is 13.3 Å². The van der Waals surface area contributed by atoms with E-state index in [9.17, 15) is 8.42 Å². The molecule has 2 heterocycles. The number of benzene rings is 1. The van der Waals surface area contributed by atoms with Crippen LogP contribution in [0.3, 0.4) is 0 Å². The van der Waals surface area contributed by atoms with E-state index in [2.05, 4.69) is 0 Å². The van der Waals surface area contributed by atoms with Gasteiger partial charge in [-0.25, -0.2) is 8.42 Å². The first kappa shape index (κ1) is 17.6. The molecule has 1 fully saturated rings. The van der Waals surface area contributed by atoms with Gasteiger partial charge < -0.3 is 9.47 Å². The third kappa shape index (κ3) is 3.57. The lowest BCUT2D eigenvalue weighted by Crippen LogP contribution is -3.14. The predicted octanol–water partition coefficient (Wildman–Crippen LogP) is 0.756. The second-order valence-corrected chi connectivity index (χ2v) is 8.67. The van der Waals surface area contributed by atoms with Crippen molar-refractivity contribution >= 4 is 33.8 Å². The van der Waals surface area contributed by atoms with E-state index in [1.807, 2.05) is 28.6 Å². The molecule has 1 saturated heterocycles. The number of aryl methyl sites for hydroxylation is 1. The summed E-state index contributed by atoms with van der Waals surface area (Å²) in [7, 11) is -1.53. The molecule has 1 aromatic carbocycles. The van der Waals surface area contributed by atoms with Gasteiger partial charge in [-0.1, -0.05) is 11.6 Å². The van der Waals surface area contributed by atoms with Crippen LogP contribution >= 0.6 is 23.8 Å². The van der Waals surface area contributed by atoms with Gasteiger partial charge in [-0.3, -0.25) is 4.57 Å². The number of sulfonamides is 1. The number of piperazine rings is 1. The Labute approximate surface area is 151 Å². The molecule has 9 heteroatoms. The molecule has 2 aromatic rings. The highest BCUT2D eigenvalue weighted by Crippen LogP contribution is 2.18. The Morgan fingerprint density at radius 1 is 1.17 bits per heavy atom. The maximum Gasteiger partial charge on any atom is 0.243 e. The van der Waals surface area contributed by atoms with Crippen LogP contribution in [0.15, 0.2) is 41.6 Å². The number of hydrogen-bond acceptors (Lipinski definition) is 3. The summed E-state index contributed by atoms with van der Waals surface area (Å²) in [5, 5.41) is 0.530. The third-order valence-corrected chi connectivity index (χ3v) is 6.98. The van der Waals surface area contributed by atoms with Gasteiger partial charge in [-0.15, -0.1) is 0 Å². The Kier molecular flexibility index (Phi) is 5.12. The Bertz CT molecular complexity index is 866. The molecule has 0 unspecified atom stereocenters. The topological polar surface area (TPSA) is 51.7 Å². The highest BCUT2D eigenvalue weighted by molar-refractivity contribution is 7.89. The first-order valence-electron chi connectivity index (χ1n) is 7.69. The molecular weight excluding hydrogens is 368 g/mol. The average molecular weight is 388 g/mol. The summed E-state index contributed by atoms with van der Waals surface area (Å²) < 4.78 is 31.6. The highest BCUT2D eigenvalue weighted by atomic mass is 35.5. The molecule has 0 aliphatic carbocycles. The first-order valence-corrected chi connectivity index (χ1v) is 9.91. The maximum atomic E-state index is 12.7. The molecule has 1 aliphatic rings. The smallest absolute Gasteiger partial charge is 0.243 e. The Balaban J connectivity index is 1.65. The largest absolute Gasteiger partial charge is 0.327 e. The zero-order valence-corrected chi connectivity index (χ0v) is 15.7. The van der Waals surface area contributed by atoms with Crippen LogP contribution < -0.4 is 4.90 Å². The van der Waals surface area contributed by atoms with Gasteiger partial charge in [0.05, 0.1) is 31.1 Å². The molecule has 0 spiro atoms. The van der Waals surface area contributed by atoms with Crippen molar-refractivity contribution in [1.29, 1.82) is 0 Å². The molecule has 0 radical (unpaired) electrons. The van der Waals surface area contributed by atoms with Crippen molar-refractivity contribution in [2.24, 2.45) is 7.05 Å². The number of halogens is 1. The van der Waals surface area contributed by atoms with Crippen LogP contribution in [0.1, 0.15) is 0 Å². The number of nitrogens with one attached hydrogen (secondary N) is 1. The summed E-state index contributed by atoms with van der Waals surface area (Å²) in [6.07, 6.45) is 3.90. The van der Waals surface area contributed by atoms with E-state index >= 15 is 0 Å². The van der Waals surface area contributed by atoms with E-state index < -0.39 is 10.0 Å². The van der Waals surface area contributed by atoms with E-state index in [1.165, 1.54) is 4.90 Å². The van der Waals surface area contributed by atoms with Crippen LogP contribution in [0.4, 0.5) is 0 Å². The molecule has 130 valence electrons. The lowest BCUT2D eigenvalue weighted by molar-refractivity contribution is -0.926. The van der Waals surface area contributed by atoms with Crippen molar-refractivity contribution in [2.75, 3.05) is 26.2 Å². The van der Waals surface area contributed by atoms with Crippen LogP contribution in [-0.2, 0) is 23.7 Å². The molecule has 0 atom stereocenters. The summed E-state index contributed by atoms with van der Waals surface area (Å²) in [4.78, 5) is 1.61. The van der Waals surface area contributed by atoms with E-state index in [-0.39, 0.29) is 0 Å². The van der Waals surface area contributed by atoms with Gasteiger partial charge in [0, 0.05) is 24.5 Å². The fourth-order valence-electron chi connectivity index (χ4n) is 2.83. The van der Waals surface area contributed by atoms with Gasteiger partial charge in [0.2, 0.25) is 10.0 Å². The van der Waals surface area contributed by atoms with E-state index in [0.29, 0.717) is 23.0 Å². The minimum Gasteiger partial charge on any atom is -0.327 e. The summed E-state index contributed by atoms with van der Waals surface area (Å²) in [6.45, 7) is 3.27. The van der Waals surface area contributed by atoms with Crippen molar-refractivity contribution in [3.8, 4) is 0 Å². The molecular formula is C15H20ClN4O2S2+. The van der Waals surface area contributed by atoms with Gasteiger partial charge >= 0.3 is 0 Å². The molecule has 6 nitrogen and oxygen atoms in total. The predicted molar refractivity (Wildman–Crippen MR) is 95.1 cm³/mol. The van der Waals surface area contributed by atoms with Crippen LogP contribution in [-0.4, -0.2) is 48.0 Å². The molecule has 24 heavy (non-hydrogen) atoms. The van der Waals surface area contributed by atoms with Gasteiger partial charge in [0.1, 0.15) is 0 Å². The van der Waals surface area contributed by atoms with Crippen molar-refractivity contribution in [2.45, 2.75) is 11.6 Å². The molecule has 3 rings (SSSR count). The van der Waals surface area contributed by atoms with Crippen molar-refractivity contribution in [3.05, 3.63) is 46.5 Å². The fraction of sp³-hybridized carbons (Fsp3) is 0.400. The zero-order chi connectivity index (χ0) is 17.3. The summed E-state index contributed by atoms with van der Waals surface area (Å²) in [5.41, 5.74) is 0. The number of aromatic nitrogens is 2. The second-order valence-electron chi connectivity index (χ2n) is 5.93. The normalized spacial score (nSPS) is 17.2. The number of imidazole rings is 1. The Morgan fingerprint density at radius 3 is 2.33 bits per heavy atom. The highest BCUT2D eigenvalue weighted by Gasteiger charge is 2.30. The molecule has 1 aromatic heterocycles. The average Bonchev–Trinajstić information content (AvgIpc) is 2.88. The second kappa shape index (κ2) is 6.97. The standard InChI is InChI=1S/C15H19ClN4O2S2/c1-17-6-9-19(15(17)23)12-18-7-10-20(11-8-18)24(21,22)14-4-2-13(16)3-5-14/h2-6,9H,7-8,10-12H2,1H3/p+1. The summed E-state index contributed by atoms with van der Waals surface area (Å²) in [5.74, 6) is 0. The monoisotopic (exact) mass is 387 g/mol. The van der Waals surface area contributed by atoms with Crippen molar-refractivity contribution in [3.63, 3.8) is 0 Å². The van der Waals surface area contributed by atoms with E-state index in [1.54, 1.807) is 28.6 Å². The number of rotatable bonds is 4. The summed E-state index contributed by atoms with van der Waals surface area (Å²) in [6, 6.07) is 6.32. The van der Waals surface area contributed by atoms with Crippen LogP contribution in [0.25, 0.3) is 0 Å². The molecule has 1 aliphatic heterocycles. The minimum absolute atomic E-state index is 0.292. The number of nitrogens with zero attached hydrogens (tertiary/aromatic N) is 3. The Morgan fingerprint density at radius 2 is 1.79 bits per heavy atom. The lowest BCUT2D eigenvalue weighted by atomic mass is 10.4. The minimum atomic E-state index is -3.45. The zero-order valence-electron chi connectivity index (χ0n) is 13.4. The lowest BCUT2D eigenvalue weighted by Gasteiger charge is -2.31. The van der Waals surface area contributed by atoms with Crippen molar-refractivity contribution in [1.82, 2.24) is 13.4 Å². The molecule has 0 saturated carbocycles. The summed E-state index contributed by atoms with van der Waals surface area (Å²) >= 11 is 11.2. The number of quaternary nitrogens is 1. The molecule has 1 N–H and O–H groups in total. The third-order valence-electron chi connectivity index (χ3n) is 4.29. The fourth-order valence-corrected chi connectivity index (χ4v) is 4.58. The SMILES string of the molecule is Cn1ccn(C[NH+]2CCN(S(=O)(=O)c3ccc(Cl)cc3)CC2)c1=S. The van der Waals surface area contributed by atoms with Crippen LogP contribution in [0.5, 0.6) is 0 Å².